The molecule has 6 nitrogen and oxygen atoms in total. The van der Waals surface area contributed by atoms with Gasteiger partial charge in [-0.2, -0.15) is 9.61 Å². The predicted molar refractivity (Wildman–Crippen MR) is 69.9 cm³/mol. The smallest absolute Gasteiger partial charge is 0.275 e. The Morgan fingerprint density at radius 1 is 1.67 bits per heavy atom. The quantitative estimate of drug-likeness (QED) is 0.817. The van der Waals surface area contributed by atoms with Gasteiger partial charge in [-0.1, -0.05) is 11.3 Å². The first-order valence-corrected chi connectivity index (χ1v) is 6.82. The van der Waals surface area contributed by atoms with Gasteiger partial charge in [-0.3, -0.25) is 4.79 Å². The lowest BCUT2D eigenvalue weighted by Gasteiger charge is -2.24. The minimum Gasteiger partial charge on any atom is -0.315 e. The largest absolute Gasteiger partial charge is 0.315 e. The Bertz CT molecular complexity index is 613. The molecule has 1 unspecified atom stereocenters. The minimum atomic E-state index is -0.118. The van der Waals surface area contributed by atoms with E-state index in [1.165, 1.54) is 15.9 Å². The van der Waals surface area contributed by atoms with Crippen LogP contribution in [0.4, 0.5) is 0 Å². The highest BCUT2D eigenvalue weighted by Crippen LogP contribution is 2.14. The minimum absolute atomic E-state index is 0.0977. The fraction of sp³-hybridized carbons (Fsp3) is 0.545. The van der Waals surface area contributed by atoms with Gasteiger partial charge in [0.15, 0.2) is 0 Å². The molecule has 0 radical (unpaired) electrons. The molecule has 0 saturated carbocycles. The van der Waals surface area contributed by atoms with E-state index in [0.717, 1.165) is 25.2 Å². The fourth-order valence-corrected chi connectivity index (χ4v) is 2.81. The van der Waals surface area contributed by atoms with Crippen LogP contribution in [-0.2, 0) is 6.54 Å². The van der Waals surface area contributed by atoms with E-state index in [9.17, 15) is 4.79 Å². The summed E-state index contributed by atoms with van der Waals surface area (Å²) in [6, 6.07) is 1.55. The summed E-state index contributed by atoms with van der Waals surface area (Å²) in [6.45, 7) is 4.79. The molecule has 2 aromatic heterocycles. The van der Waals surface area contributed by atoms with Crippen LogP contribution in [0.3, 0.4) is 0 Å². The Balaban J connectivity index is 1.80. The topological polar surface area (TPSA) is 71.3 Å². The lowest BCUT2D eigenvalue weighted by molar-refractivity contribution is 0.383. The average Bonchev–Trinajstić information content (AvgIpc) is 2.96. The molecule has 0 aromatic carbocycles. The van der Waals surface area contributed by atoms with Crippen LogP contribution in [0.5, 0.6) is 0 Å². The van der Waals surface area contributed by atoms with Crippen molar-refractivity contribution in [2.24, 2.45) is 0 Å². The van der Waals surface area contributed by atoms with Crippen molar-refractivity contribution in [1.82, 2.24) is 25.2 Å². The second-order valence-corrected chi connectivity index (χ2v) is 5.67. The van der Waals surface area contributed by atoms with Gasteiger partial charge in [0.1, 0.15) is 5.51 Å². The van der Waals surface area contributed by atoms with Gasteiger partial charge < -0.3 is 10.6 Å². The zero-order valence-corrected chi connectivity index (χ0v) is 11.0. The number of aromatic nitrogens is 3. The molecule has 7 heteroatoms. The molecule has 0 aliphatic carbocycles. The van der Waals surface area contributed by atoms with Gasteiger partial charge in [-0.25, -0.2) is 4.98 Å². The normalized spacial score (nSPS) is 23.8. The molecule has 18 heavy (non-hydrogen) atoms. The Morgan fingerprint density at radius 2 is 2.56 bits per heavy atom. The average molecular weight is 265 g/mol. The van der Waals surface area contributed by atoms with Gasteiger partial charge in [0.25, 0.3) is 5.56 Å². The SMILES string of the molecule is CC1(NCc2cc(=O)n3ncsc3n2)CCNC1. The molecule has 2 N–H and O–H groups in total. The van der Waals surface area contributed by atoms with Gasteiger partial charge in [0, 0.05) is 24.7 Å². The third-order valence-electron chi connectivity index (χ3n) is 3.31. The monoisotopic (exact) mass is 265 g/mol. The molecule has 3 rings (SSSR count). The molecule has 1 atom stereocenters. The summed E-state index contributed by atoms with van der Waals surface area (Å²) in [4.78, 5) is 16.8. The zero-order valence-electron chi connectivity index (χ0n) is 10.1. The molecule has 2 aromatic rings. The van der Waals surface area contributed by atoms with Crippen LogP contribution in [0.1, 0.15) is 19.0 Å². The third-order valence-corrected chi connectivity index (χ3v) is 3.98. The number of rotatable bonds is 3. The highest BCUT2D eigenvalue weighted by molar-refractivity contribution is 7.14. The van der Waals surface area contributed by atoms with E-state index in [4.69, 9.17) is 0 Å². The van der Waals surface area contributed by atoms with Crippen LogP contribution in [-0.4, -0.2) is 33.2 Å². The van der Waals surface area contributed by atoms with E-state index in [2.05, 4.69) is 27.6 Å². The van der Waals surface area contributed by atoms with E-state index in [1.54, 1.807) is 11.6 Å². The molecule has 96 valence electrons. The molecule has 1 aliphatic rings. The second kappa shape index (κ2) is 4.42. The molecule has 1 aliphatic heterocycles. The number of nitrogens with one attached hydrogen (secondary N) is 2. The summed E-state index contributed by atoms with van der Waals surface area (Å²) in [5.41, 5.74) is 2.38. The highest BCUT2D eigenvalue weighted by atomic mass is 32.1. The van der Waals surface area contributed by atoms with Crippen molar-refractivity contribution in [1.29, 1.82) is 0 Å². The predicted octanol–water partition coefficient (Wildman–Crippen LogP) is -0.00740. The fourth-order valence-electron chi connectivity index (χ4n) is 2.16. The van der Waals surface area contributed by atoms with Crippen LogP contribution in [0, 0.1) is 0 Å². The summed E-state index contributed by atoms with van der Waals surface area (Å²) in [5, 5.41) is 10.7. The van der Waals surface area contributed by atoms with Crippen molar-refractivity contribution < 1.29 is 0 Å². The molecular formula is C11H15N5OS. The Kier molecular flexibility index (Phi) is 2.89. The lowest BCUT2D eigenvalue weighted by Crippen LogP contribution is -2.43. The maximum Gasteiger partial charge on any atom is 0.275 e. The molecule has 0 amide bonds. The summed E-state index contributed by atoms with van der Waals surface area (Å²) in [7, 11) is 0. The molecular weight excluding hydrogens is 250 g/mol. The zero-order chi connectivity index (χ0) is 12.6. The summed E-state index contributed by atoms with van der Waals surface area (Å²) >= 11 is 1.37. The maximum absolute atomic E-state index is 11.8. The molecule has 1 fully saturated rings. The van der Waals surface area contributed by atoms with Gasteiger partial charge in [-0.05, 0) is 19.9 Å². The van der Waals surface area contributed by atoms with E-state index >= 15 is 0 Å². The van der Waals surface area contributed by atoms with Crippen LogP contribution in [0.15, 0.2) is 16.4 Å². The van der Waals surface area contributed by atoms with Crippen LogP contribution >= 0.6 is 11.3 Å². The van der Waals surface area contributed by atoms with E-state index in [-0.39, 0.29) is 11.1 Å². The molecule has 3 heterocycles. The van der Waals surface area contributed by atoms with Gasteiger partial charge in [-0.15, -0.1) is 0 Å². The number of hydrogen-bond acceptors (Lipinski definition) is 6. The van der Waals surface area contributed by atoms with Crippen molar-refractivity contribution in [3.8, 4) is 0 Å². The molecule has 0 spiro atoms. The third kappa shape index (κ3) is 2.16. The van der Waals surface area contributed by atoms with E-state index in [1.807, 2.05) is 0 Å². The number of fused-ring (bicyclic) bond motifs is 1. The maximum atomic E-state index is 11.8. The van der Waals surface area contributed by atoms with Gasteiger partial charge in [0.05, 0.1) is 5.69 Å². The Morgan fingerprint density at radius 3 is 3.33 bits per heavy atom. The first-order chi connectivity index (χ1) is 8.66. The van der Waals surface area contributed by atoms with Crippen LogP contribution in [0.25, 0.3) is 4.96 Å². The first kappa shape index (κ1) is 11.8. The van der Waals surface area contributed by atoms with Crippen molar-refractivity contribution in [3.05, 3.63) is 27.6 Å². The van der Waals surface area contributed by atoms with Gasteiger partial charge in [0.2, 0.25) is 4.96 Å². The molecule has 1 saturated heterocycles. The number of hydrogen-bond donors (Lipinski definition) is 2. The Hall–Kier alpha value is -1.31. The highest BCUT2D eigenvalue weighted by Gasteiger charge is 2.27. The summed E-state index contributed by atoms with van der Waals surface area (Å²) in [6.07, 6.45) is 1.09. The summed E-state index contributed by atoms with van der Waals surface area (Å²) in [5.74, 6) is 0. The molecule has 0 bridgehead atoms. The lowest BCUT2D eigenvalue weighted by atomic mass is 10.0. The second-order valence-electron chi connectivity index (χ2n) is 4.86. The van der Waals surface area contributed by atoms with Crippen molar-refractivity contribution in [3.63, 3.8) is 0 Å². The van der Waals surface area contributed by atoms with Crippen LogP contribution in [0.2, 0.25) is 0 Å². The first-order valence-electron chi connectivity index (χ1n) is 5.95. The summed E-state index contributed by atoms with van der Waals surface area (Å²) < 4.78 is 1.33. The van der Waals surface area contributed by atoms with Gasteiger partial charge >= 0.3 is 0 Å². The van der Waals surface area contributed by atoms with E-state index in [0.29, 0.717) is 11.5 Å². The Labute approximate surface area is 108 Å². The van der Waals surface area contributed by atoms with Crippen molar-refractivity contribution in [2.45, 2.75) is 25.4 Å². The van der Waals surface area contributed by atoms with Crippen molar-refractivity contribution in [2.75, 3.05) is 13.1 Å². The number of nitrogens with zero attached hydrogens (tertiary/aromatic N) is 3. The van der Waals surface area contributed by atoms with E-state index < -0.39 is 0 Å². The standard InChI is InChI=1S/C11H15N5OS/c1-11(2-3-12-6-11)13-5-8-4-9(17)16-10(15-8)18-7-14-16/h4,7,12-13H,2-3,5-6H2,1H3. The van der Waals surface area contributed by atoms with Crippen molar-refractivity contribution >= 4 is 16.3 Å². The van der Waals surface area contributed by atoms with Crippen LogP contribution < -0.4 is 16.2 Å².